The summed E-state index contributed by atoms with van der Waals surface area (Å²) in [6.45, 7) is 2.81. The van der Waals surface area contributed by atoms with E-state index in [0.717, 1.165) is 35.3 Å². The second-order valence-electron chi connectivity index (χ2n) is 8.03. The van der Waals surface area contributed by atoms with Gasteiger partial charge in [-0.15, -0.1) is 0 Å². The van der Waals surface area contributed by atoms with Crippen molar-refractivity contribution in [1.82, 2.24) is 9.69 Å². The number of aromatic hydroxyl groups is 1. The molecule has 0 aliphatic heterocycles. The first-order valence-electron chi connectivity index (χ1n) is 10.7. The van der Waals surface area contributed by atoms with E-state index in [-0.39, 0.29) is 11.7 Å². The maximum Gasteiger partial charge on any atom is 0.236 e. The Kier molecular flexibility index (Phi) is 6.72. The summed E-state index contributed by atoms with van der Waals surface area (Å²) in [6, 6.07) is 15.5. The Morgan fingerprint density at radius 3 is 2.39 bits per heavy atom. The first-order valence-corrected chi connectivity index (χ1v) is 11.5. The van der Waals surface area contributed by atoms with Crippen LogP contribution in [0.15, 0.2) is 48.5 Å². The molecule has 0 bridgehead atoms. The summed E-state index contributed by atoms with van der Waals surface area (Å²) in [5, 5.41) is 25.7. The number of rotatable bonds is 7. The summed E-state index contributed by atoms with van der Waals surface area (Å²) in [7, 11) is 0. The third-order valence-corrected chi connectivity index (χ3v) is 6.34. The lowest BCUT2D eigenvalue weighted by Crippen LogP contribution is -2.30. The molecule has 0 atom stereocenters. The van der Waals surface area contributed by atoms with E-state index in [4.69, 9.17) is 10.1 Å². The van der Waals surface area contributed by atoms with Gasteiger partial charge in [0, 0.05) is 12.2 Å². The molecule has 2 aromatic carbocycles. The molecular weight excluding hydrogens is 408 g/mol. The molecule has 1 aliphatic carbocycles. The van der Waals surface area contributed by atoms with Crippen molar-refractivity contribution < 1.29 is 9.84 Å². The average Bonchev–Trinajstić information content (AvgIpc) is 3.15. The summed E-state index contributed by atoms with van der Waals surface area (Å²) in [6.07, 6.45) is 6.25. The minimum absolute atomic E-state index is 0.118. The lowest BCUT2D eigenvalue weighted by Gasteiger charge is -2.22. The number of nitrogens with zero attached hydrogens (tertiary/aromatic N) is 1. The number of aromatic nitrogens is 1. The molecular formula is C24H28N4O2S. The zero-order valence-electron chi connectivity index (χ0n) is 17.6. The van der Waals surface area contributed by atoms with Crippen LogP contribution >= 0.6 is 11.5 Å². The molecule has 0 radical (unpaired) electrons. The SMILES string of the molecule is Cc1ccc(Oc2ccc(Nc3snc(O)c3C(=N)NCC3CCCCC3)cc2)cc1. The van der Waals surface area contributed by atoms with Crippen LogP contribution in [-0.2, 0) is 0 Å². The van der Waals surface area contributed by atoms with Crippen molar-refractivity contribution in [3.8, 4) is 17.4 Å². The van der Waals surface area contributed by atoms with Crippen LogP contribution in [-0.4, -0.2) is 21.9 Å². The van der Waals surface area contributed by atoms with E-state index in [0.29, 0.717) is 16.5 Å². The van der Waals surface area contributed by atoms with Crippen molar-refractivity contribution in [1.29, 1.82) is 5.41 Å². The van der Waals surface area contributed by atoms with Crippen molar-refractivity contribution in [2.75, 3.05) is 11.9 Å². The summed E-state index contributed by atoms with van der Waals surface area (Å²) in [5.41, 5.74) is 2.44. The molecule has 1 aliphatic rings. The molecule has 6 nitrogen and oxygen atoms in total. The van der Waals surface area contributed by atoms with Crippen LogP contribution in [0.4, 0.5) is 10.7 Å². The van der Waals surface area contributed by atoms with Crippen molar-refractivity contribution in [3.05, 3.63) is 59.7 Å². The summed E-state index contributed by atoms with van der Waals surface area (Å²) >= 11 is 1.15. The highest BCUT2D eigenvalue weighted by atomic mass is 32.1. The van der Waals surface area contributed by atoms with Gasteiger partial charge in [0.2, 0.25) is 5.88 Å². The van der Waals surface area contributed by atoms with E-state index in [1.165, 1.54) is 37.7 Å². The number of aryl methyl sites for hydroxylation is 1. The molecule has 31 heavy (non-hydrogen) atoms. The predicted octanol–water partition coefficient (Wildman–Crippen LogP) is 6.19. The third-order valence-electron chi connectivity index (χ3n) is 5.59. The maximum atomic E-state index is 10.2. The van der Waals surface area contributed by atoms with Gasteiger partial charge in [-0.1, -0.05) is 37.0 Å². The summed E-state index contributed by atoms with van der Waals surface area (Å²) < 4.78 is 9.91. The molecule has 162 valence electrons. The monoisotopic (exact) mass is 436 g/mol. The van der Waals surface area contributed by atoms with Crippen LogP contribution in [0.3, 0.4) is 0 Å². The highest BCUT2D eigenvalue weighted by Crippen LogP contribution is 2.33. The average molecular weight is 437 g/mol. The summed E-state index contributed by atoms with van der Waals surface area (Å²) in [5.74, 6) is 2.22. The van der Waals surface area contributed by atoms with E-state index in [2.05, 4.69) is 15.0 Å². The Morgan fingerprint density at radius 2 is 1.71 bits per heavy atom. The van der Waals surface area contributed by atoms with Gasteiger partial charge >= 0.3 is 0 Å². The minimum Gasteiger partial charge on any atom is -0.492 e. The molecule has 0 saturated heterocycles. The molecule has 0 unspecified atom stereocenters. The van der Waals surface area contributed by atoms with Crippen LogP contribution in [0.1, 0.15) is 43.2 Å². The van der Waals surface area contributed by atoms with Gasteiger partial charge in [0.15, 0.2) is 0 Å². The lowest BCUT2D eigenvalue weighted by atomic mass is 9.89. The van der Waals surface area contributed by atoms with Gasteiger partial charge in [0.05, 0.1) is 0 Å². The number of nitrogens with one attached hydrogen (secondary N) is 3. The maximum absolute atomic E-state index is 10.2. The topological polar surface area (TPSA) is 90.3 Å². The Morgan fingerprint density at radius 1 is 1.06 bits per heavy atom. The smallest absolute Gasteiger partial charge is 0.236 e. The van der Waals surface area contributed by atoms with Crippen molar-refractivity contribution in [3.63, 3.8) is 0 Å². The number of hydrogen-bond acceptors (Lipinski definition) is 6. The molecule has 1 heterocycles. The van der Waals surface area contributed by atoms with Crippen molar-refractivity contribution in [2.45, 2.75) is 39.0 Å². The zero-order chi connectivity index (χ0) is 21.6. The molecule has 1 fully saturated rings. The highest BCUT2D eigenvalue weighted by molar-refractivity contribution is 7.11. The quantitative estimate of drug-likeness (QED) is 0.262. The van der Waals surface area contributed by atoms with E-state index in [1.807, 2.05) is 55.5 Å². The molecule has 4 rings (SSSR count). The lowest BCUT2D eigenvalue weighted by molar-refractivity contribution is 0.356. The number of hydrogen-bond donors (Lipinski definition) is 4. The fraction of sp³-hybridized carbons (Fsp3) is 0.333. The summed E-state index contributed by atoms with van der Waals surface area (Å²) in [4.78, 5) is 0. The standard InChI is InChI=1S/C24H28N4O2S/c1-16-7-11-19(12-8-16)30-20-13-9-18(10-14-20)27-24-21(23(29)28-31-24)22(25)26-15-17-5-3-2-4-6-17/h7-14,17,27H,2-6,15H2,1H3,(H2,25,26)(H,28,29). The number of anilines is 2. The van der Waals surface area contributed by atoms with Crippen LogP contribution in [0.25, 0.3) is 0 Å². The van der Waals surface area contributed by atoms with Crippen LogP contribution in [0.2, 0.25) is 0 Å². The Hall–Kier alpha value is -3.06. The van der Waals surface area contributed by atoms with Gasteiger partial charge in [0.25, 0.3) is 0 Å². The molecule has 0 amide bonds. The fourth-order valence-electron chi connectivity index (χ4n) is 3.80. The van der Waals surface area contributed by atoms with Gasteiger partial charge in [-0.3, -0.25) is 5.41 Å². The first-order chi connectivity index (χ1) is 15.1. The van der Waals surface area contributed by atoms with E-state index < -0.39 is 0 Å². The number of ether oxygens (including phenoxy) is 1. The second-order valence-corrected chi connectivity index (χ2v) is 8.81. The van der Waals surface area contributed by atoms with Gasteiger partial charge in [-0.2, -0.15) is 4.37 Å². The molecule has 1 saturated carbocycles. The molecule has 3 aromatic rings. The van der Waals surface area contributed by atoms with Crippen molar-refractivity contribution in [2.24, 2.45) is 5.92 Å². The third kappa shape index (κ3) is 5.55. The Bertz CT molecular complexity index is 1010. The van der Waals surface area contributed by atoms with Crippen LogP contribution < -0.4 is 15.4 Å². The molecule has 7 heteroatoms. The normalized spacial score (nSPS) is 14.2. The minimum atomic E-state index is -0.118. The van der Waals surface area contributed by atoms with E-state index in [1.54, 1.807) is 0 Å². The van der Waals surface area contributed by atoms with E-state index in [9.17, 15) is 5.11 Å². The van der Waals surface area contributed by atoms with Gasteiger partial charge in [-0.05, 0) is 73.6 Å². The van der Waals surface area contributed by atoms with Crippen LogP contribution in [0.5, 0.6) is 17.4 Å². The Balaban J connectivity index is 1.38. The second kappa shape index (κ2) is 9.83. The largest absolute Gasteiger partial charge is 0.492 e. The van der Waals surface area contributed by atoms with Gasteiger partial charge in [-0.25, -0.2) is 0 Å². The first kappa shape index (κ1) is 21.2. The highest BCUT2D eigenvalue weighted by Gasteiger charge is 2.20. The Labute approximate surface area is 187 Å². The van der Waals surface area contributed by atoms with Gasteiger partial charge in [0.1, 0.15) is 27.9 Å². The number of benzene rings is 2. The molecule has 4 N–H and O–H groups in total. The van der Waals surface area contributed by atoms with Crippen LogP contribution in [0, 0.1) is 18.3 Å². The number of amidine groups is 1. The zero-order valence-corrected chi connectivity index (χ0v) is 18.5. The van der Waals surface area contributed by atoms with E-state index >= 15 is 0 Å². The fourth-order valence-corrected chi connectivity index (χ4v) is 4.52. The van der Waals surface area contributed by atoms with Crippen molar-refractivity contribution >= 4 is 28.1 Å². The van der Waals surface area contributed by atoms with Gasteiger partial charge < -0.3 is 20.5 Å². The molecule has 1 aromatic heterocycles. The molecule has 0 spiro atoms. The predicted molar refractivity (Wildman–Crippen MR) is 126 cm³/mol.